The second kappa shape index (κ2) is 10.1. The van der Waals surface area contributed by atoms with E-state index in [-0.39, 0.29) is 17.3 Å². The predicted octanol–water partition coefficient (Wildman–Crippen LogP) is 6.42. The highest BCUT2D eigenvalue weighted by Crippen LogP contribution is 2.37. The molecule has 0 aromatic heterocycles. The minimum Gasteiger partial charge on any atom is -0.339 e. The Hall–Kier alpha value is -2.87. The van der Waals surface area contributed by atoms with Gasteiger partial charge in [-0.3, -0.25) is 4.79 Å². The lowest BCUT2D eigenvalue weighted by molar-refractivity contribution is -0.128. The van der Waals surface area contributed by atoms with Crippen molar-refractivity contribution >= 4 is 41.0 Å². The standard InChI is InChI=1S/C28H30Cl2FN5O/c1-28(2,3)35-15-12-25-32-17-22(26(36(25)35)33-24-16-20(29)6-9-23(24)30)27(37)34-13-10-19(11-14-34)18-4-7-21(31)8-5-18/h4-9,12,16-17,19,33H,10-11,13-15H2,1-3H3. The zero-order chi connectivity index (χ0) is 26.3. The van der Waals surface area contributed by atoms with E-state index in [4.69, 9.17) is 23.2 Å². The molecule has 6 nitrogen and oxygen atoms in total. The molecule has 0 spiro atoms. The van der Waals surface area contributed by atoms with Crippen molar-refractivity contribution in [2.24, 2.45) is 4.99 Å². The maximum Gasteiger partial charge on any atom is 0.259 e. The highest BCUT2D eigenvalue weighted by Gasteiger charge is 2.39. The van der Waals surface area contributed by atoms with E-state index in [0.29, 0.717) is 52.7 Å². The molecule has 0 radical (unpaired) electrons. The topological polar surface area (TPSA) is 51.2 Å². The van der Waals surface area contributed by atoms with Crippen molar-refractivity contribution in [3.05, 3.63) is 87.2 Å². The van der Waals surface area contributed by atoms with E-state index in [2.05, 4.69) is 36.1 Å². The average molecular weight is 542 g/mol. The summed E-state index contributed by atoms with van der Waals surface area (Å²) in [6.07, 6.45) is 5.31. The normalized spacial score (nSPS) is 18.8. The molecule has 3 aliphatic rings. The van der Waals surface area contributed by atoms with Gasteiger partial charge in [0.25, 0.3) is 5.91 Å². The van der Waals surface area contributed by atoms with Crippen LogP contribution in [0.25, 0.3) is 0 Å². The summed E-state index contributed by atoms with van der Waals surface area (Å²) in [6, 6.07) is 11.9. The van der Waals surface area contributed by atoms with Crippen LogP contribution in [-0.2, 0) is 4.79 Å². The number of hydrogen-bond acceptors (Lipinski definition) is 5. The van der Waals surface area contributed by atoms with Crippen molar-refractivity contribution in [3.63, 3.8) is 0 Å². The van der Waals surface area contributed by atoms with Crippen molar-refractivity contribution in [1.29, 1.82) is 0 Å². The molecule has 2 aromatic carbocycles. The Kier molecular flexibility index (Phi) is 7.05. The van der Waals surface area contributed by atoms with Gasteiger partial charge in [-0.15, -0.1) is 0 Å². The van der Waals surface area contributed by atoms with Crippen LogP contribution in [0.1, 0.15) is 45.1 Å². The molecule has 194 valence electrons. The highest BCUT2D eigenvalue weighted by atomic mass is 35.5. The molecule has 37 heavy (non-hydrogen) atoms. The minimum absolute atomic E-state index is 0.0956. The number of halogens is 3. The summed E-state index contributed by atoms with van der Waals surface area (Å²) in [6.45, 7) is 8.23. The first-order chi connectivity index (χ1) is 17.6. The Labute approximate surface area is 227 Å². The van der Waals surface area contributed by atoms with Crippen LogP contribution >= 0.6 is 23.2 Å². The van der Waals surface area contributed by atoms with E-state index < -0.39 is 0 Å². The van der Waals surface area contributed by atoms with Crippen molar-refractivity contribution in [2.45, 2.75) is 45.1 Å². The fraction of sp³-hybridized carbons (Fsp3) is 0.357. The number of rotatable bonds is 4. The van der Waals surface area contributed by atoms with Crippen LogP contribution in [-0.4, -0.2) is 52.2 Å². The average Bonchev–Trinajstić information content (AvgIpc) is 3.32. The first-order valence-corrected chi connectivity index (χ1v) is 13.2. The molecule has 0 unspecified atom stereocenters. The molecule has 1 saturated heterocycles. The van der Waals surface area contributed by atoms with Gasteiger partial charge in [0, 0.05) is 36.4 Å². The molecule has 1 fully saturated rings. The van der Waals surface area contributed by atoms with E-state index in [9.17, 15) is 9.18 Å². The number of hydrogen-bond donors (Lipinski definition) is 1. The molecule has 3 aliphatic heterocycles. The van der Waals surface area contributed by atoms with Crippen molar-refractivity contribution in [2.75, 3.05) is 25.0 Å². The van der Waals surface area contributed by atoms with Gasteiger partial charge in [0.2, 0.25) is 0 Å². The van der Waals surface area contributed by atoms with Gasteiger partial charge in [0.05, 0.1) is 10.7 Å². The lowest BCUT2D eigenvalue weighted by atomic mass is 9.89. The molecule has 5 rings (SSSR count). The molecule has 9 heteroatoms. The number of nitrogens with one attached hydrogen (secondary N) is 1. The molecular weight excluding hydrogens is 512 g/mol. The first kappa shape index (κ1) is 25.8. The monoisotopic (exact) mass is 541 g/mol. The number of carbonyl (C=O) groups is 1. The lowest BCUT2D eigenvalue weighted by Gasteiger charge is -2.43. The first-order valence-electron chi connectivity index (χ1n) is 12.4. The van der Waals surface area contributed by atoms with Gasteiger partial charge in [0.1, 0.15) is 23.0 Å². The van der Waals surface area contributed by atoms with Gasteiger partial charge in [-0.2, -0.15) is 0 Å². The fourth-order valence-electron chi connectivity index (χ4n) is 5.00. The van der Waals surface area contributed by atoms with E-state index >= 15 is 0 Å². The Morgan fingerprint density at radius 3 is 2.46 bits per heavy atom. The van der Waals surface area contributed by atoms with E-state index in [1.165, 1.54) is 12.1 Å². The van der Waals surface area contributed by atoms with Crippen LogP contribution < -0.4 is 5.32 Å². The molecule has 2 aromatic rings. The number of benzene rings is 2. The molecule has 0 bridgehead atoms. The number of carbonyl (C=O) groups excluding carboxylic acids is 1. The second-order valence-corrected chi connectivity index (χ2v) is 11.4. The molecular formula is C28H30Cl2FN5O. The second-order valence-electron chi connectivity index (χ2n) is 10.5. The summed E-state index contributed by atoms with van der Waals surface area (Å²) in [5.41, 5.74) is 1.96. The predicted molar refractivity (Wildman–Crippen MR) is 147 cm³/mol. The smallest absolute Gasteiger partial charge is 0.259 e. The number of anilines is 1. The summed E-state index contributed by atoms with van der Waals surface area (Å²) in [5, 5.41) is 8.57. The summed E-state index contributed by atoms with van der Waals surface area (Å²) in [7, 11) is 0. The van der Waals surface area contributed by atoms with Gasteiger partial charge in [-0.1, -0.05) is 35.3 Å². The summed E-state index contributed by atoms with van der Waals surface area (Å²) in [4.78, 5) is 20.4. The largest absolute Gasteiger partial charge is 0.339 e. The van der Waals surface area contributed by atoms with Crippen LogP contribution in [0.4, 0.5) is 10.1 Å². The number of aliphatic imine (C=N–C) groups is 1. The van der Waals surface area contributed by atoms with Crippen LogP contribution in [0.5, 0.6) is 0 Å². The third kappa shape index (κ3) is 5.26. The zero-order valence-corrected chi connectivity index (χ0v) is 22.7. The number of nitrogens with zero attached hydrogens (tertiary/aromatic N) is 4. The fourth-order valence-corrected chi connectivity index (χ4v) is 5.34. The van der Waals surface area contributed by atoms with Crippen molar-refractivity contribution in [3.8, 4) is 0 Å². The molecule has 3 heterocycles. The maximum absolute atomic E-state index is 13.9. The lowest BCUT2D eigenvalue weighted by Crippen LogP contribution is -2.51. The molecule has 1 N–H and O–H groups in total. The number of fused-ring (bicyclic) bond motifs is 1. The van der Waals surface area contributed by atoms with Crippen molar-refractivity contribution < 1.29 is 9.18 Å². The Bertz CT molecular complexity index is 1290. The van der Waals surface area contributed by atoms with E-state index in [1.807, 2.05) is 28.1 Å². The molecule has 0 atom stereocenters. The number of amides is 1. The molecule has 0 aliphatic carbocycles. The van der Waals surface area contributed by atoms with E-state index in [0.717, 1.165) is 24.2 Å². The van der Waals surface area contributed by atoms with Crippen molar-refractivity contribution in [1.82, 2.24) is 14.9 Å². The van der Waals surface area contributed by atoms with Crippen LogP contribution in [0.2, 0.25) is 10.0 Å². The SMILES string of the molecule is CC(C)(C)N1CC=C2N=CC(C(=O)N3CCC(c4ccc(F)cc4)CC3)=C(Nc3cc(Cl)ccc3Cl)N21. The van der Waals surface area contributed by atoms with E-state index in [1.54, 1.807) is 24.4 Å². The Morgan fingerprint density at radius 2 is 1.78 bits per heavy atom. The third-order valence-corrected chi connectivity index (χ3v) is 7.57. The molecule has 1 amide bonds. The number of piperidine rings is 1. The van der Waals surface area contributed by atoms with Crippen LogP contribution in [0.15, 0.2) is 70.7 Å². The quantitative estimate of drug-likeness (QED) is 0.485. The highest BCUT2D eigenvalue weighted by molar-refractivity contribution is 6.35. The Morgan fingerprint density at radius 1 is 1.08 bits per heavy atom. The zero-order valence-electron chi connectivity index (χ0n) is 21.1. The van der Waals surface area contributed by atoms with Crippen LogP contribution in [0, 0.1) is 5.82 Å². The summed E-state index contributed by atoms with van der Waals surface area (Å²) < 4.78 is 13.4. The van der Waals surface area contributed by atoms with Crippen LogP contribution in [0.3, 0.4) is 0 Å². The number of likely N-dealkylation sites (tertiary alicyclic amines) is 1. The van der Waals surface area contributed by atoms with Gasteiger partial charge >= 0.3 is 0 Å². The number of hydrazine groups is 1. The van der Waals surface area contributed by atoms with Gasteiger partial charge in [-0.05, 0) is 81.5 Å². The minimum atomic E-state index is -0.237. The van der Waals surface area contributed by atoms with Gasteiger partial charge in [-0.25, -0.2) is 19.4 Å². The van der Waals surface area contributed by atoms with Gasteiger partial charge in [0.15, 0.2) is 0 Å². The summed E-state index contributed by atoms with van der Waals surface area (Å²) in [5.74, 6) is 1.32. The van der Waals surface area contributed by atoms with Gasteiger partial charge < -0.3 is 10.2 Å². The maximum atomic E-state index is 13.9. The Balaban J connectivity index is 1.45. The third-order valence-electron chi connectivity index (χ3n) is 7.01. The molecule has 0 saturated carbocycles. The summed E-state index contributed by atoms with van der Waals surface area (Å²) >= 11 is 12.8.